The molecular weight excluding hydrogens is 510 g/mol. The molecular formula is C40H37NO. The SMILES string of the molecule is CCC1(CC)c2ccccc2-c2cc3c(cc21)C(CC)(CC)c1cc(N2c4ccccc4Oc4ccccc42)ccc1-3. The molecule has 0 bridgehead atoms. The number of ether oxygens (including phenoxy) is 1. The van der Waals surface area contributed by atoms with Gasteiger partial charge in [0.25, 0.3) is 0 Å². The van der Waals surface area contributed by atoms with Gasteiger partial charge in [-0.25, -0.2) is 0 Å². The fraction of sp³-hybridized carbons (Fsp3) is 0.250. The molecule has 1 heterocycles. The third-order valence-corrected chi connectivity index (χ3v) is 10.8. The van der Waals surface area contributed by atoms with E-state index in [4.69, 9.17) is 4.74 Å². The maximum absolute atomic E-state index is 6.33. The minimum Gasteiger partial charge on any atom is -0.453 e. The third-order valence-electron chi connectivity index (χ3n) is 10.8. The molecule has 0 saturated heterocycles. The summed E-state index contributed by atoms with van der Waals surface area (Å²) in [4.78, 5) is 2.38. The largest absolute Gasteiger partial charge is 0.453 e. The quantitative estimate of drug-likeness (QED) is 0.213. The lowest BCUT2D eigenvalue weighted by atomic mass is 9.70. The third kappa shape index (κ3) is 3.10. The van der Waals surface area contributed by atoms with Crippen LogP contribution >= 0.6 is 0 Å². The van der Waals surface area contributed by atoms with Crippen LogP contribution in [0.4, 0.5) is 17.1 Å². The van der Waals surface area contributed by atoms with Crippen molar-refractivity contribution in [2.24, 2.45) is 0 Å². The molecule has 0 spiro atoms. The first-order valence-corrected chi connectivity index (χ1v) is 15.7. The maximum Gasteiger partial charge on any atom is 0.151 e. The fourth-order valence-electron chi connectivity index (χ4n) is 8.57. The Bertz CT molecular complexity index is 1830. The molecule has 5 aromatic rings. The molecule has 5 aromatic carbocycles. The Hall–Kier alpha value is -4.30. The molecule has 208 valence electrons. The van der Waals surface area contributed by atoms with Crippen molar-refractivity contribution in [3.05, 3.63) is 125 Å². The number of para-hydroxylation sites is 4. The Morgan fingerprint density at radius 3 is 1.60 bits per heavy atom. The van der Waals surface area contributed by atoms with Gasteiger partial charge in [-0.15, -0.1) is 0 Å². The minimum absolute atomic E-state index is 0.0248. The number of hydrogen-bond donors (Lipinski definition) is 0. The van der Waals surface area contributed by atoms with E-state index in [2.05, 4.69) is 124 Å². The van der Waals surface area contributed by atoms with E-state index in [1.54, 1.807) is 0 Å². The molecule has 2 aliphatic carbocycles. The van der Waals surface area contributed by atoms with Gasteiger partial charge in [0.05, 0.1) is 11.4 Å². The lowest BCUT2D eigenvalue weighted by Crippen LogP contribution is -2.26. The summed E-state index contributed by atoms with van der Waals surface area (Å²) in [5.41, 5.74) is 15.1. The second-order valence-electron chi connectivity index (χ2n) is 12.2. The van der Waals surface area contributed by atoms with Crippen LogP contribution in [0.1, 0.15) is 75.6 Å². The van der Waals surface area contributed by atoms with Gasteiger partial charge in [0.15, 0.2) is 11.5 Å². The number of benzene rings is 5. The van der Waals surface area contributed by atoms with Crippen molar-refractivity contribution in [2.45, 2.75) is 64.2 Å². The van der Waals surface area contributed by atoms with Crippen LogP contribution in [0, 0.1) is 0 Å². The number of rotatable bonds is 5. The van der Waals surface area contributed by atoms with Crippen molar-refractivity contribution < 1.29 is 4.74 Å². The molecule has 0 aromatic heterocycles. The average molecular weight is 548 g/mol. The number of hydrogen-bond acceptors (Lipinski definition) is 2. The predicted molar refractivity (Wildman–Crippen MR) is 175 cm³/mol. The number of nitrogens with zero attached hydrogens (tertiary/aromatic N) is 1. The molecule has 0 unspecified atom stereocenters. The Morgan fingerprint density at radius 2 is 0.976 bits per heavy atom. The van der Waals surface area contributed by atoms with E-state index in [9.17, 15) is 0 Å². The average Bonchev–Trinajstić information content (AvgIpc) is 3.48. The molecule has 0 saturated carbocycles. The van der Waals surface area contributed by atoms with Crippen LogP contribution in [0.5, 0.6) is 11.5 Å². The second-order valence-corrected chi connectivity index (χ2v) is 12.2. The molecule has 0 radical (unpaired) electrons. The Kier molecular flexibility index (Phi) is 5.51. The molecule has 0 amide bonds. The fourth-order valence-corrected chi connectivity index (χ4v) is 8.57. The van der Waals surface area contributed by atoms with Gasteiger partial charge in [0.2, 0.25) is 0 Å². The van der Waals surface area contributed by atoms with E-state index in [-0.39, 0.29) is 10.8 Å². The predicted octanol–water partition coefficient (Wildman–Crippen LogP) is 11.4. The summed E-state index contributed by atoms with van der Waals surface area (Å²) < 4.78 is 6.33. The van der Waals surface area contributed by atoms with Gasteiger partial charge in [-0.3, -0.25) is 0 Å². The van der Waals surface area contributed by atoms with E-state index in [1.165, 1.54) is 50.2 Å². The molecule has 8 rings (SSSR count). The summed E-state index contributed by atoms with van der Waals surface area (Å²) >= 11 is 0. The summed E-state index contributed by atoms with van der Waals surface area (Å²) in [7, 11) is 0. The standard InChI is InChI=1S/C40H37NO/c1-5-39(6-2)31-16-10-9-15-27(31)29-24-30-28-22-21-26(23-32(28)40(7-3,8-4)34(30)25-33(29)39)41-35-17-11-13-19-37(35)42-38-20-14-12-18-36(38)41/h9-25H,5-8H2,1-4H3. The van der Waals surface area contributed by atoms with Crippen LogP contribution in [0.15, 0.2) is 103 Å². The highest BCUT2D eigenvalue weighted by molar-refractivity contribution is 5.93. The van der Waals surface area contributed by atoms with Crippen molar-refractivity contribution in [3.8, 4) is 33.8 Å². The van der Waals surface area contributed by atoms with Gasteiger partial charge in [-0.1, -0.05) is 88.4 Å². The normalized spacial score (nSPS) is 16.0. The summed E-state index contributed by atoms with van der Waals surface area (Å²) in [6, 6.07) is 38.2. The minimum atomic E-state index is -0.0248. The molecule has 0 fully saturated rings. The first-order chi connectivity index (χ1) is 20.6. The molecule has 42 heavy (non-hydrogen) atoms. The number of fused-ring (bicyclic) bond motifs is 8. The lowest BCUT2D eigenvalue weighted by Gasteiger charge is -2.35. The van der Waals surface area contributed by atoms with E-state index < -0.39 is 0 Å². The zero-order valence-corrected chi connectivity index (χ0v) is 25.0. The Balaban J connectivity index is 1.36. The number of anilines is 3. The van der Waals surface area contributed by atoms with Crippen molar-refractivity contribution in [2.75, 3.05) is 4.90 Å². The first kappa shape index (κ1) is 25.4. The van der Waals surface area contributed by atoms with Crippen molar-refractivity contribution >= 4 is 17.1 Å². The highest BCUT2D eigenvalue weighted by Gasteiger charge is 2.46. The zero-order chi connectivity index (χ0) is 28.6. The highest BCUT2D eigenvalue weighted by Crippen LogP contribution is 2.60. The molecule has 2 nitrogen and oxygen atoms in total. The van der Waals surface area contributed by atoms with Gasteiger partial charge >= 0.3 is 0 Å². The topological polar surface area (TPSA) is 12.5 Å². The molecule has 1 aliphatic heterocycles. The van der Waals surface area contributed by atoms with Crippen LogP contribution in [0.25, 0.3) is 22.3 Å². The monoisotopic (exact) mass is 547 g/mol. The molecule has 0 atom stereocenters. The van der Waals surface area contributed by atoms with Crippen LogP contribution in [-0.2, 0) is 10.8 Å². The van der Waals surface area contributed by atoms with E-state index in [0.717, 1.165) is 48.6 Å². The van der Waals surface area contributed by atoms with Crippen molar-refractivity contribution in [3.63, 3.8) is 0 Å². The summed E-state index contributed by atoms with van der Waals surface area (Å²) in [6.07, 6.45) is 4.37. The van der Waals surface area contributed by atoms with Gasteiger partial charge < -0.3 is 9.64 Å². The van der Waals surface area contributed by atoms with Gasteiger partial charge in [-0.05, 0) is 113 Å². The van der Waals surface area contributed by atoms with Gasteiger partial charge in [-0.2, -0.15) is 0 Å². The second kappa shape index (κ2) is 9.10. The van der Waals surface area contributed by atoms with Gasteiger partial charge in [0, 0.05) is 16.5 Å². The Labute approximate surface area is 249 Å². The highest BCUT2D eigenvalue weighted by atomic mass is 16.5. The maximum atomic E-state index is 6.33. The first-order valence-electron chi connectivity index (χ1n) is 15.7. The van der Waals surface area contributed by atoms with Crippen LogP contribution in [-0.4, -0.2) is 0 Å². The Morgan fingerprint density at radius 1 is 0.476 bits per heavy atom. The van der Waals surface area contributed by atoms with Gasteiger partial charge in [0.1, 0.15) is 0 Å². The smallest absolute Gasteiger partial charge is 0.151 e. The van der Waals surface area contributed by atoms with Crippen molar-refractivity contribution in [1.82, 2.24) is 0 Å². The van der Waals surface area contributed by atoms with Crippen LogP contribution in [0.2, 0.25) is 0 Å². The summed E-state index contributed by atoms with van der Waals surface area (Å²) in [6.45, 7) is 9.50. The van der Waals surface area contributed by atoms with E-state index in [0.29, 0.717) is 0 Å². The van der Waals surface area contributed by atoms with Crippen LogP contribution in [0.3, 0.4) is 0 Å². The molecule has 2 heteroatoms. The molecule has 0 N–H and O–H groups in total. The van der Waals surface area contributed by atoms with E-state index >= 15 is 0 Å². The van der Waals surface area contributed by atoms with E-state index in [1.807, 2.05) is 12.1 Å². The lowest BCUT2D eigenvalue weighted by molar-refractivity contribution is 0.475. The molecule has 3 aliphatic rings. The summed E-state index contributed by atoms with van der Waals surface area (Å²) in [5.74, 6) is 1.78. The van der Waals surface area contributed by atoms with Crippen molar-refractivity contribution in [1.29, 1.82) is 0 Å². The summed E-state index contributed by atoms with van der Waals surface area (Å²) in [5, 5.41) is 0. The van der Waals surface area contributed by atoms with Crippen LogP contribution < -0.4 is 9.64 Å². The zero-order valence-electron chi connectivity index (χ0n) is 25.0.